The minimum Gasteiger partial charge on any atom is -0.493 e. The van der Waals surface area contributed by atoms with Gasteiger partial charge >= 0.3 is 5.97 Å². The van der Waals surface area contributed by atoms with Gasteiger partial charge in [-0.25, -0.2) is 18.7 Å². The highest BCUT2D eigenvalue weighted by atomic mass is 19.1. The molecule has 1 aliphatic rings. The van der Waals surface area contributed by atoms with Crippen molar-refractivity contribution in [1.29, 1.82) is 0 Å². The molecule has 4 bridgehead atoms. The largest absolute Gasteiger partial charge is 0.493 e. The number of esters is 1. The van der Waals surface area contributed by atoms with Crippen molar-refractivity contribution in [3.8, 4) is 45.1 Å². The minimum atomic E-state index is -1.07. The van der Waals surface area contributed by atoms with Crippen molar-refractivity contribution in [2.24, 2.45) is 0 Å². The summed E-state index contributed by atoms with van der Waals surface area (Å²) in [4.78, 5) is 18.6. The van der Waals surface area contributed by atoms with Crippen molar-refractivity contribution >= 4 is 11.6 Å². The van der Waals surface area contributed by atoms with Crippen molar-refractivity contribution < 1.29 is 28.1 Å². The van der Waals surface area contributed by atoms with Crippen LogP contribution < -0.4 is 9.47 Å². The molecule has 48 heavy (non-hydrogen) atoms. The smallest absolute Gasteiger partial charge is 0.340 e. The minimum absolute atomic E-state index is 0.203. The summed E-state index contributed by atoms with van der Waals surface area (Å²) in [5.41, 5.74) is 6.73. The number of aromatic nitrogens is 3. The maximum atomic E-state index is 14.3. The number of hydrogen-bond acceptors (Lipinski definition) is 7. The molecule has 0 saturated heterocycles. The van der Waals surface area contributed by atoms with Gasteiger partial charge in [0.2, 0.25) is 0 Å². The van der Waals surface area contributed by atoms with Crippen LogP contribution in [-0.2, 0) is 14.3 Å². The molecule has 3 heterocycles. The van der Waals surface area contributed by atoms with Gasteiger partial charge in [-0.1, -0.05) is 24.3 Å². The van der Waals surface area contributed by atoms with Crippen LogP contribution in [0.5, 0.6) is 11.5 Å². The Balaban J connectivity index is 1.63. The molecule has 0 amide bonds. The van der Waals surface area contributed by atoms with Gasteiger partial charge in [0.1, 0.15) is 17.3 Å². The van der Waals surface area contributed by atoms with Crippen molar-refractivity contribution in [3.63, 3.8) is 0 Å². The molecule has 1 atom stereocenters. The summed E-state index contributed by atoms with van der Waals surface area (Å²) in [5.74, 6) is 0.315. The lowest BCUT2D eigenvalue weighted by Gasteiger charge is -2.29. The van der Waals surface area contributed by atoms with E-state index in [1.807, 2.05) is 83.1 Å². The molecule has 6 rings (SSSR count). The van der Waals surface area contributed by atoms with Gasteiger partial charge in [-0.05, 0) is 102 Å². The average molecular weight is 652 g/mol. The number of ether oxygens (including phenoxy) is 4. The van der Waals surface area contributed by atoms with Crippen LogP contribution in [0.15, 0.2) is 66.7 Å². The molecule has 0 fully saturated rings. The molecular weight excluding hydrogens is 609 g/mol. The first kappa shape index (κ1) is 33.2. The van der Waals surface area contributed by atoms with Gasteiger partial charge < -0.3 is 18.9 Å². The topological polar surface area (TPSA) is 84.2 Å². The molecule has 8 nitrogen and oxygen atoms in total. The predicted octanol–water partition coefficient (Wildman–Crippen LogP) is 8.85. The molecule has 0 unspecified atom stereocenters. The Morgan fingerprint density at radius 1 is 0.917 bits per heavy atom. The number of nitrogens with zero attached hydrogens (tertiary/aromatic N) is 3. The third kappa shape index (κ3) is 7.06. The third-order valence-corrected chi connectivity index (χ3v) is 8.17. The SMILES string of the molecule is CCOC(=O)[C@@H](OC(C)(C)C)c1c(C)nc2cc3nn2c1-c1ccc(C)cc1OCCCCCOc1cc(F)ccc1-c1cccc-3c1. The first-order valence-corrected chi connectivity index (χ1v) is 16.5. The van der Waals surface area contributed by atoms with Gasteiger partial charge in [-0.3, -0.25) is 0 Å². The number of benzene rings is 3. The molecule has 250 valence electrons. The van der Waals surface area contributed by atoms with E-state index < -0.39 is 17.7 Å². The Hall–Kier alpha value is -4.76. The summed E-state index contributed by atoms with van der Waals surface area (Å²) >= 11 is 0. The van der Waals surface area contributed by atoms with Crippen molar-refractivity contribution in [2.45, 2.75) is 72.5 Å². The van der Waals surface area contributed by atoms with Crippen LogP contribution in [0.1, 0.15) is 69.9 Å². The fourth-order valence-corrected chi connectivity index (χ4v) is 6.03. The van der Waals surface area contributed by atoms with Crippen molar-refractivity contribution in [3.05, 3.63) is 89.4 Å². The lowest BCUT2D eigenvalue weighted by atomic mass is 9.97. The molecule has 9 heteroatoms. The summed E-state index contributed by atoms with van der Waals surface area (Å²) in [7, 11) is 0. The monoisotopic (exact) mass is 651 g/mol. The van der Waals surface area contributed by atoms with Gasteiger partial charge in [-0.2, -0.15) is 5.10 Å². The lowest BCUT2D eigenvalue weighted by molar-refractivity contribution is -0.166. The molecule has 0 N–H and O–H groups in total. The fourth-order valence-electron chi connectivity index (χ4n) is 6.03. The van der Waals surface area contributed by atoms with E-state index in [9.17, 15) is 9.18 Å². The van der Waals surface area contributed by atoms with Crippen LogP contribution in [0.4, 0.5) is 4.39 Å². The van der Waals surface area contributed by atoms with Gasteiger partial charge in [-0.15, -0.1) is 0 Å². The summed E-state index contributed by atoms with van der Waals surface area (Å²) < 4.78 is 40.7. The van der Waals surface area contributed by atoms with E-state index >= 15 is 0 Å². The predicted molar refractivity (Wildman–Crippen MR) is 184 cm³/mol. The van der Waals surface area contributed by atoms with Gasteiger partial charge in [0.15, 0.2) is 11.8 Å². The zero-order valence-corrected chi connectivity index (χ0v) is 28.4. The zero-order chi connectivity index (χ0) is 34.0. The Morgan fingerprint density at radius 3 is 2.35 bits per heavy atom. The van der Waals surface area contributed by atoms with E-state index in [-0.39, 0.29) is 12.4 Å². The molecule has 2 aromatic heterocycles. The molecule has 0 aliphatic carbocycles. The molecule has 0 saturated carbocycles. The number of halogens is 1. The Labute approximate surface area is 280 Å². The summed E-state index contributed by atoms with van der Waals surface area (Å²) in [5, 5.41) is 5.11. The highest BCUT2D eigenvalue weighted by Crippen LogP contribution is 2.41. The van der Waals surface area contributed by atoms with E-state index in [2.05, 4.69) is 0 Å². The molecule has 3 aromatic carbocycles. The van der Waals surface area contributed by atoms with Gasteiger partial charge in [0.05, 0.1) is 36.8 Å². The maximum Gasteiger partial charge on any atom is 0.340 e. The molecular formula is C39H42FN3O5. The molecule has 5 aromatic rings. The maximum absolute atomic E-state index is 14.3. The highest BCUT2D eigenvalue weighted by Gasteiger charge is 2.35. The lowest BCUT2D eigenvalue weighted by Crippen LogP contribution is -2.30. The number of fused-ring (bicyclic) bond motifs is 8. The van der Waals surface area contributed by atoms with E-state index in [1.165, 1.54) is 12.1 Å². The van der Waals surface area contributed by atoms with Crippen LogP contribution in [0.3, 0.4) is 0 Å². The molecule has 0 radical (unpaired) electrons. The zero-order valence-electron chi connectivity index (χ0n) is 28.4. The fraction of sp³-hybridized carbons (Fsp3) is 0.359. The molecule has 1 aliphatic heterocycles. The number of aryl methyl sites for hydroxylation is 2. The van der Waals surface area contributed by atoms with Crippen LogP contribution in [0, 0.1) is 19.7 Å². The van der Waals surface area contributed by atoms with Gasteiger partial charge in [0.25, 0.3) is 0 Å². The molecule has 0 spiro atoms. The van der Waals surface area contributed by atoms with E-state index in [0.717, 1.165) is 47.1 Å². The van der Waals surface area contributed by atoms with E-state index in [0.29, 0.717) is 53.0 Å². The Bertz CT molecular complexity index is 1960. The first-order valence-electron chi connectivity index (χ1n) is 16.5. The second kappa shape index (κ2) is 13.8. The number of carbonyl (C=O) groups excluding carboxylic acids is 1. The van der Waals surface area contributed by atoms with Crippen LogP contribution in [-0.4, -0.2) is 46.0 Å². The number of hydrogen-bond donors (Lipinski definition) is 0. The number of rotatable bonds is 4. The standard InChI is InChI=1S/C39H42FN3O5/c1-7-45-38(44)37(48-39(4,5)6)35-25(3)41-34-23-31-27-13-11-12-26(21-27)29-17-15-28(40)22-33(29)47-19-10-8-9-18-46-32-20-24(2)14-16-30(32)36(35)43(34)42-31/h11-17,20-23,37H,7-10,18-19H2,1-6H3/t37-/m0/s1. The average Bonchev–Trinajstić information content (AvgIpc) is 3.46. The Morgan fingerprint density at radius 2 is 1.62 bits per heavy atom. The quantitative estimate of drug-likeness (QED) is 0.180. The summed E-state index contributed by atoms with van der Waals surface area (Å²) in [6.07, 6.45) is 1.36. The summed E-state index contributed by atoms with van der Waals surface area (Å²) in [6.45, 7) is 12.5. The summed E-state index contributed by atoms with van der Waals surface area (Å²) in [6, 6.07) is 20.5. The number of carbonyl (C=O) groups is 1. The van der Waals surface area contributed by atoms with Gasteiger partial charge in [0, 0.05) is 40.1 Å². The van der Waals surface area contributed by atoms with E-state index in [1.54, 1.807) is 17.5 Å². The highest BCUT2D eigenvalue weighted by molar-refractivity contribution is 5.84. The first-order chi connectivity index (χ1) is 23.0. The van der Waals surface area contributed by atoms with Crippen molar-refractivity contribution in [2.75, 3.05) is 19.8 Å². The second-order valence-electron chi connectivity index (χ2n) is 13.1. The van der Waals surface area contributed by atoms with Crippen molar-refractivity contribution in [1.82, 2.24) is 14.6 Å². The van der Waals surface area contributed by atoms with Crippen LogP contribution in [0.25, 0.3) is 39.3 Å². The third-order valence-electron chi connectivity index (χ3n) is 8.17. The second-order valence-corrected chi connectivity index (χ2v) is 13.1. The van der Waals surface area contributed by atoms with Crippen LogP contribution >= 0.6 is 0 Å². The van der Waals surface area contributed by atoms with Crippen LogP contribution in [0.2, 0.25) is 0 Å². The van der Waals surface area contributed by atoms with E-state index in [4.69, 9.17) is 29.0 Å². The Kier molecular flexibility index (Phi) is 9.51. The normalized spacial score (nSPS) is 14.2.